The van der Waals surface area contributed by atoms with Crippen LogP contribution in [0.1, 0.15) is 31.9 Å². The molecule has 1 fully saturated rings. The minimum Gasteiger partial charge on any atom is -0.342 e. The van der Waals surface area contributed by atoms with Gasteiger partial charge in [-0.05, 0) is 31.0 Å². The minimum atomic E-state index is 0.0232. The second-order valence-electron chi connectivity index (χ2n) is 5.75. The van der Waals surface area contributed by atoms with Gasteiger partial charge in [-0.2, -0.15) is 0 Å². The second kappa shape index (κ2) is 7.25. The quantitative estimate of drug-likeness (QED) is 0.932. The van der Waals surface area contributed by atoms with Crippen LogP contribution in [0.5, 0.6) is 0 Å². The Kier molecular flexibility index (Phi) is 5.62. The summed E-state index contributed by atoms with van der Waals surface area (Å²) in [7, 11) is 0. The number of nitrogens with two attached hydrogens (primary N) is 1. The van der Waals surface area contributed by atoms with E-state index in [9.17, 15) is 4.79 Å². The minimum absolute atomic E-state index is 0.0232. The van der Waals surface area contributed by atoms with E-state index in [0.29, 0.717) is 0 Å². The molecule has 1 aromatic rings. The third-order valence-corrected chi connectivity index (χ3v) is 4.33. The lowest BCUT2D eigenvalue weighted by molar-refractivity contribution is -0.128. The van der Waals surface area contributed by atoms with E-state index in [1.54, 1.807) is 6.92 Å². The first-order chi connectivity index (χ1) is 9.99. The third-order valence-electron chi connectivity index (χ3n) is 4.08. The maximum Gasteiger partial charge on any atom is 0.219 e. The van der Waals surface area contributed by atoms with E-state index >= 15 is 0 Å². The van der Waals surface area contributed by atoms with Gasteiger partial charge in [0.25, 0.3) is 0 Å². The van der Waals surface area contributed by atoms with Crippen LogP contribution in [0.2, 0.25) is 5.02 Å². The lowest BCUT2D eigenvalue weighted by Crippen LogP contribution is -2.41. The molecule has 2 rings (SSSR count). The summed E-state index contributed by atoms with van der Waals surface area (Å²) in [6.45, 7) is 7.09. The number of rotatable bonds is 3. The molecular formula is C16H24ClN3O. The molecule has 2 N–H and O–H groups in total. The molecule has 5 heteroatoms. The Hall–Kier alpha value is -1.10. The monoisotopic (exact) mass is 309 g/mol. The molecule has 2 unspecified atom stereocenters. The molecule has 1 saturated heterocycles. The molecule has 4 nitrogen and oxygen atoms in total. The van der Waals surface area contributed by atoms with Gasteiger partial charge >= 0.3 is 0 Å². The summed E-state index contributed by atoms with van der Waals surface area (Å²) >= 11 is 5.97. The molecule has 21 heavy (non-hydrogen) atoms. The Morgan fingerprint density at radius 2 is 1.86 bits per heavy atom. The van der Waals surface area contributed by atoms with Crippen molar-refractivity contribution in [1.29, 1.82) is 0 Å². The lowest BCUT2D eigenvalue weighted by atomic mass is 9.99. The summed E-state index contributed by atoms with van der Waals surface area (Å²) in [4.78, 5) is 15.8. The number of amides is 1. The molecule has 0 radical (unpaired) electrons. The SMILES string of the molecule is CC(=O)N1CCCN(C(c2ccc(Cl)cc2)C(C)N)CC1. The van der Waals surface area contributed by atoms with Crippen LogP contribution in [-0.2, 0) is 4.79 Å². The highest BCUT2D eigenvalue weighted by Gasteiger charge is 2.26. The first-order valence-corrected chi connectivity index (χ1v) is 7.87. The number of hydrogen-bond acceptors (Lipinski definition) is 3. The fourth-order valence-electron chi connectivity index (χ4n) is 3.04. The summed E-state index contributed by atoms with van der Waals surface area (Å²) < 4.78 is 0. The number of carbonyl (C=O) groups excluding carboxylic acids is 1. The van der Waals surface area contributed by atoms with E-state index in [-0.39, 0.29) is 18.0 Å². The number of carbonyl (C=O) groups is 1. The van der Waals surface area contributed by atoms with Crippen LogP contribution in [0.4, 0.5) is 0 Å². The fourth-order valence-corrected chi connectivity index (χ4v) is 3.16. The molecule has 2 atom stereocenters. The predicted molar refractivity (Wildman–Crippen MR) is 86.3 cm³/mol. The molecule has 1 amide bonds. The van der Waals surface area contributed by atoms with E-state index in [0.717, 1.165) is 37.6 Å². The van der Waals surface area contributed by atoms with Gasteiger partial charge in [0, 0.05) is 50.2 Å². The molecule has 116 valence electrons. The Labute approximate surface area is 131 Å². The van der Waals surface area contributed by atoms with Gasteiger partial charge < -0.3 is 10.6 Å². The molecule has 0 aliphatic carbocycles. The smallest absolute Gasteiger partial charge is 0.219 e. The number of nitrogens with zero attached hydrogens (tertiary/aromatic N) is 2. The third kappa shape index (κ3) is 4.19. The highest BCUT2D eigenvalue weighted by molar-refractivity contribution is 6.30. The highest BCUT2D eigenvalue weighted by Crippen LogP contribution is 2.26. The molecular weight excluding hydrogens is 286 g/mol. The van der Waals surface area contributed by atoms with Crippen molar-refractivity contribution in [3.63, 3.8) is 0 Å². The van der Waals surface area contributed by atoms with Crippen LogP contribution in [0.15, 0.2) is 24.3 Å². The Bertz CT molecular complexity index is 475. The van der Waals surface area contributed by atoms with E-state index in [4.69, 9.17) is 17.3 Å². The van der Waals surface area contributed by atoms with Gasteiger partial charge in [-0.3, -0.25) is 9.69 Å². The Morgan fingerprint density at radius 1 is 1.19 bits per heavy atom. The van der Waals surface area contributed by atoms with E-state index in [1.165, 1.54) is 5.56 Å². The van der Waals surface area contributed by atoms with Crippen molar-refractivity contribution in [3.05, 3.63) is 34.9 Å². The summed E-state index contributed by atoms with van der Waals surface area (Å²) in [5.41, 5.74) is 7.41. The van der Waals surface area contributed by atoms with Gasteiger partial charge in [0.15, 0.2) is 0 Å². The largest absolute Gasteiger partial charge is 0.342 e. The van der Waals surface area contributed by atoms with Crippen molar-refractivity contribution in [2.45, 2.75) is 32.4 Å². The summed E-state index contributed by atoms with van der Waals surface area (Å²) in [6.07, 6.45) is 0.983. The van der Waals surface area contributed by atoms with Crippen LogP contribution < -0.4 is 5.73 Å². The zero-order chi connectivity index (χ0) is 15.4. The van der Waals surface area contributed by atoms with Gasteiger partial charge in [0.2, 0.25) is 5.91 Å². The topological polar surface area (TPSA) is 49.6 Å². The van der Waals surface area contributed by atoms with Crippen LogP contribution in [-0.4, -0.2) is 47.9 Å². The normalized spacial score (nSPS) is 19.9. The molecule has 0 spiro atoms. The van der Waals surface area contributed by atoms with Gasteiger partial charge in [0.05, 0.1) is 0 Å². The molecule has 0 saturated carbocycles. The Balaban J connectivity index is 2.15. The maximum absolute atomic E-state index is 11.5. The summed E-state index contributed by atoms with van der Waals surface area (Å²) in [5, 5.41) is 0.737. The number of benzene rings is 1. The molecule has 1 aliphatic rings. The van der Waals surface area contributed by atoms with Gasteiger partial charge in [-0.25, -0.2) is 0 Å². The van der Waals surface area contributed by atoms with Crippen LogP contribution in [0, 0.1) is 0 Å². The summed E-state index contributed by atoms with van der Waals surface area (Å²) in [6, 6.07) is 8.09. The van der Waals surface area contributed by atoms with Crippen molar-refractivity contribution in [2.24, 2.45) is 5.73 Å². The lowest BCUT2D eigenvalue weighted by Gasteiger charge is -2.33. The molecule has 1 heterocycles. The molecule has 1 aliphatic heterocycles. The van der Waals surface area contributed by atoms with Crippen molar-refractivity contribution in [2.75, 3.05) is 26.2 Å². The van der Waals surface area contributed by atoms with Gasteiger partial charge in [0.1, 0.15) is 0 Å². The standard InChI is InChI=1S/C16H24ClN3O/c1-12(18)16(14-4-6-15(17)7-5-14)20-9-3-8-19(10-11-20)13(2)21/h4-7,12,16H,3,8-11,18H2,1-2H3. The second-order valence-corrected chi connectivity index (χ2v) is 6.19. The fraction of sp³-hybridized carbons (Fsp3) is 0.562. The average molecular weight is 310 g/mol. The van der Waals surface area contributed by atoms with Crippen LogP contribution in [0.25, 0.3) is 0 Å². The first-order valence-electron chi connectivity index (χ1n) is 7.49. The zero-order valence-electron chi connectivity index (χ0n) is 12.8. The highest BCUT2D eigenvalue weighted by atomic mass is 35.5. The number of halogens is 1. The van der Waals surface area contributed by atoms with E-state index in [1.807, 2.05) is 36.1 Å². The van der Waals surface area contributed by atoms with Crippen molar-refractivity contribution < 1.29 is 4.79 Å². The van der Waals surface area contributed by atoms with Crippen molar-refractivity contribution in [1.82, 2.24) is 9.80 Å². The maximum atomic E-state index is 11.5. The Morgan fingerprint density at radius 3 is 2.43 bits per heavy atom. The zero-order valence-corrected chi connectivity index (χ0v) is 13.5. The number of hydrogen-bond donors (Lipinski definition) is 1. The molecule has 0 bridgehead atoms. The average Bonchev–Trinajstić information content (AvgIpc) is 2.67. The van der Waals surface area contributed by atoms with E-state index in [2.05, 4.69) is 4.90 Å². The van der Waals surface area contributed by atoms with Crippen molar-refractivity contribution >= 4 is 17.5 Å². The summed E-state index contributed by atoms with van der Waals surface area (Å²) in [5.74, 6) is 0.153. The van der Waals surface area contributed by atoms with Gasteiger partial charge in [-0.1, -0.05) is 23.7 Å². The molecule has 0 aromatic heterocycles. The van der Waals surface area contributed by atoms with Crippen LogP contribution in [0.3, 0.4) is 0 Å². The predicted octanol–water partition coefficient (Wildman–Crippen LogP) is 2.28. The van der Waals surface area contributed by atoms with E-state index < -0.39 is 0 Å². The van der Waals surface area contributed by atoms with Gasteiger partial charge in [-0.15, -0.1) is 0 Å². The molecule has 1 aromatic carbocycles. The van der Waals surface area contributed by atoms with Crippen LogP contribution >= 0.6 is 11.6 Å². The van der Waals surface area contributed by atoms with Crippen molar-refractivity contribution in [3.8, 4) is 0 Å². The first kappa shape index (κ1) is 16.3.